The summed E-state index contributed by atoms with van der Waals surface area (Å²) < 4.78 is 20.8. The quantitative estimate of drug-likeness (QED) is 0.513. The van der Waals surface area contributed by atoms with Crippen molar-refractivity contribution in [1.29, 1.82) is 0 Å². The van der Waals surface area contributed by atoms with Crippen molar-refractivity contribution >= 4 is 23.9 Å². The third kappa shape index (κ3) is 2.76. The maximum Gasteiger partial charge on any atom is 0.344 e. The Hall–Kier alpha value is -2.16. The monoisotopic (exact) mass is 356 g/mol. The minimum Gasteiger partial charge on any atom is -0.481 e. The van der Waals surface area contributed by atoms with Gasteiger partial charge in [-0.15, -0.1) is 0 Å². The molecule has 9 heteroatoms. The lowest BCUT2D eigenvalue weighted by molar-refractivity contribution is -0.173. The smallest absolute Gasteiger partial charge is 0.344 e. The predicted octanol–water partition coefficient (Wildman–Crippen LogP) is -0.0990. The summed E-state index contributed by atoms with van der Waals surface area (Å²) in [7, 11) is 0. The third-order valence-electron chi connectivity index (χ3n) is 5.22. The largest absolute Gasteiger partial charge is 0.481 e. The minimum absolute atomic E-state index is 0.535. The molecule has 0 radical (unpaired) electrons. The molecule has 1 N–H and O–H groups in total. The lowest BCUT2D eigenvalue weighted by Gasteiger charge is -2.26. The molecule has 0 saturated carbocycles. The molecule has 0 amide bonds. The van der Waals surface area contributed by atoms with Crippen LogP contribution in [-0.4, -0.2) is 60.0 Å². The second-order valence-corrected chi connectivity index (χ2v) is 7.12. The fourth-order valence-electron chi connectivity index (χ4n) is 3.40. The van der Waals surface area contributed by atoms with Crippen molar-refractivity contribution in [3.8, 4) is 0 Å². The van der Waals surface area contributed by atoms with E-state index in [2.05, 4.69) is 0 Å². The summed E-state index contributed by atoms with van der Waals surface area (Å²) in [6.45, 7) is 4.61. The molecule has 3 aliphatic rings. The van der Waals surface area contributed by atoms with Gasteiger partial charge in [-0.3, -0.25) is 14.4 Å². The number of carbonyl (C=O) groups is 4. The van der Waals surface area contributed by atoms with Crippen LogP contribution in [-0.2, 0) is 38.1 Å². The SMILES string of the molecule is CCC(C)(C)C(=O)OCC(=O)OC1C2OC(=O)C3C2OC1C3C(=O)O. The van der Waals surface area contributed by atoms with Crippen molar-refractivity contribution in [3.63, 3.8) is 0 Å². The molecule has 3 rings (SSSR count). The van der Waals surface area contributed by atoms with Gasteiger partial charge in [0.05, 0.1) is 5.41 Å². The average molecular weight is 356 g/mol. The Morgan fingerprint density at radius 2 is 1.88 bits per heavy atom. The average Bonchev–Trinajstić information content (AvgIpc) is 3.15. The molecule has 9 nitrogen and oxygen atoms in total. The van der Waals surface area contributed by atoms with E-state index in [0.717, 1.165) is 0 Å². The zero-order valence-electron chi connectivity index (χ0n) is 14.1. The van der Waals surface area contributed by atoms with Gasteiger partial charge in [0.1, 0.15) is 24.0 Å². The van der Waals surface area contributed by atoms with E-state index in [1.165, 1.54) is 0 Å². The number of carboxylic acid groups (broad SMARTS) is 1. The molecule has 3 saturated heterocycles. The van der Waals surface area contributed by atoms with Crippen LogP contribution in [0.1, 0.15) is 27.2 Å². The fraction of sp³-hybridized carbons (Fsp3) is 0.750. The van der Waals surface area contributed by atoms with Gasteiger partial charge >= 0.3 is 23.9 Å². The molecule has 0 aromatic rings. The molecule has 0 aliphatic carbocycles. The highest BCUT2D eigenvalue weighted by Crippen LogP contribution is 2.51. The van der Waals surface area contributed by atoms with Gasteiger partial charge in [0.25, 0.3) is 0 Å². The Morgan fingerprint density at radius 3 is 2.48 bits per heavy atom. The summed E-state index contributed by atoms with van der Waals surface area (Å²) in [5.74, 6) is -5.22. The van der Waals surface area contributed by atoms with E-state index in [9.17, 15) is 24.3 Å². The normalized spacial score (nSPS) is 35.4. The van der Waals surface area contributed by atoms with Crippen molar-refractivity contribution in [2.75, 3.05) is 6.61 Å². The number of esters is 3. The van der Waals surface area contributed by atoms with E-state index >= 15 is 0 Å². The van der Waals surface area contributed by atoms with Gasteiger partial charge in [-0.05, 0) is 20.3 Å². The van der Waals surface area contributed by atoms with Gasteiger partial charge in [-0.1, -0.05) is 6.92 Å². The third-order valence-corrected chi connectivity index (χ3v) is 5.22. The second kappa shape index (κ2) is 5.98. The fourth-order valence-corrected chi connectivity index (χ4v) is 3.40. The molecule has 0 aromatic heterocycles. The second-order valence-electron chi connectivity index (χ2n) is 7.12. The van der Waals surface area contributed by atoms with Gasteiger partial charge in [-0.2, -0.15) is 0 Å². The van der Waals surface area contributed by atoms with Crippen LogP contribution in [0.4, 0.5) is 0 Å². The number of aliphatic carboxylic acids is 1. The van der Waals surface area contributed by atoms with E-state index in [0.29, 0.717) is 6.42 Å². The Morgan fingerprint density at radius 1 is 1.20 bits per heavy atom. The zero-order valence-corrected chi connectivity index (χ0v) is 14.1. The van der Waals surface area contributed by atoms with Crippen LogP contribution in [0.5, 0.6) is 0 Å². The first kappa shape index (κ1) is 17.7. The zero-order chi connectivity index (χ0) is 18.5. The van der Waals surface area contributed by atoms with Crippen LogP contribution < -0.4 is 0 Å². The van der Waals surface area contributed by atoms with E-state index < -0.39 is 72.2 Å². The summed E-state index contributed by atoms with van der Waals surface area (Å²) in [4.78, 5) is 47.1. The lowest BCUT2D eigenvalue weighted by atomic mass is 9.78. The molecule has 6 unspecified atom stereocenters. The van der Waals surface area contributed by atoms with Crippen LogP contribution >= 0.6 is 0 Å². The molecule has 2 bridgehead atoms. The van der Waals surface area contributed by atoms with Crippen molar-refractivity contribution in [1.82, 2.24) is 0 Å². The maximum atomic E-state index is 12.0. The Bertz CT molecular complexity index is 625. The number of carbonyl (C=O) groups excluding carboxylic acids is 3. The number of carboxylic acids is 1. The van der Waals surface area contributed by atoms with Gasteiger partial charge in [0.2, 0.25) is 0 Å². The van der Waals surface area contributed by atoms with E-state index in [1.54, 1.807) is 13.8 Å². The molecule has 0 aromatic carbocycles. The van der Waals surface area contributed by atoms with E-state index in [4.69, 9.17) is 18.9 Å². The molecule has 138 valence electrons. The van der Waals surface area contributed by atoms with Crippen LogP contribution in [0.2, 0.25) is 0 Å². The number of hydrogen-bond donors (Lipinski definition) is 1. The van der Waals surface area contributed by atoms with Crippen molar-refractivity contribution in [2.24, 2.45) is 17.3 Å². The van der Waals surface area contributed by atoms with Gasteiger partial charge in [0, 0.05) is 0 Å². The standard InChI is InChI=1S/C16H20O9/c1-4-16(2,3)15(21)22-5-6(17)23-11-9-7(13(18)19)8-10(24-9)12(11)25-14(8)20/h7-12H,4-5H2,1-3H3,(H,18,19). The highest BCUT2D eigenvalue weighted by molar-refractivity contribution is 5.86. The molecule has 25 heavy (non-hydrogen) atoms. The first-order valence-electron chi connectivity index (χ1n) is 8.13. The van der Waals surface area contributed by atoms with E-state index in [1.807, 2.05) is 6.92 Å². The van der Waals surface area contributed by atoms with Gasteiger partial charge < -0.3 is 24.1 Å². The molecular weight excluding hydrogens is 336 g/mol. The van der Waals surface area contributed by atoms with Crippen LogP contribution in [0.3, 0.4) is 0 Å². The number of rotatable bonds is 6. The maximum absolute atomic E-state index is 12.0. The Balaban J connectivity index is 1.62. The molecular formula is C16H20O9. The molecule has 3 aliphatic heterocycles. The highest BCUT2D eigenvalue weighted by atomic mass is 16.7. The minimum atomic E-state index is -1.20. The molecule has 3 heterocycles. The lowest BCUT2D eigenvalue weighted by Crippen LogP contribution is -2.47. The number of ether oxygens (including phenoxy) is 4. The Kier molecular flexibility index (Phi) is 4.22. The molecule has 6 atom stereocenters. The van der Waals surface area contributed by atoms with Crippen LogP contribution in [0, 0.1) is 17.3 Å². The number of hydrogen-bond acceptors (Lipinski definition) is 8. The van der Waals surface area contributed by atoms with Crippen LogP contribution in [0.15, 0.2) is 0 Å². The molecule has 0 spiro atoms. The molecule has 3 fully saturated rings. The van der Waals surface area contributed by atoms with Crippen LogP contribution in [0.25, 0.3) is 0 Å². The summed E-state index contributed by atoms with van der Waals surface area (Å²) in [6.07, 6.45) is -2.96. The topological polar surface area (TPSA) is 125 Å². The first-order chi connectivity index (χ1) is 11.7. The van der Waals surface area contributed by atoms with Crippen molar-refractivity contribution < 1.29 is 43.2 Å². The summed E-state index contributed by atoms with van der Waals surface area (Å²) >= 11 is 0. The van der Waals surface area contributed by atoms with Crippen molar-refractivity contribution in [3.05, 3.63) is 0 Å². The van der Waals surface area contributed by atoms with Crippen molar-refractivity contribution in [2.45, 2.75) is 51.6 Å². The summed E-state index contributed by atoms with van der Waals surface area (Å²) in [5.41, 5.74) is -0.724. The van der Waals surface area contributed by atoms with Gasteiger partial charge in [0.15, 0.2) is 18.8 Å². The predicted molar refractivity (Wildman–Crippen MR) is 78.1 cm³/mol. The highest BCUT2D eigenvalue weighted by Gasteiger charge is 2.71. The number of fused-ring (bicyclic) bond motifs is 1. The Labute approximate surface area is 143 Å². The summed E-state index contributed by atoms with van der Waals surface area (Å²) in [6, 6.07) is 0. The van der Waals surface area contributed by atoms with E-state index in [-0.39, 0.29) is 0 Å². The summed E-state index contributed by atoms with van der Waals surface area (Å²) in [5, 5.41) is 9.32. The van der Waals surface area contributed by atoms with Gasteiger partial charge in [-0.25, -0.2) is 4.79 Å². The first-order valence-corrected chi connectivity index (χ1v) is 8.13.